The molecule has 2 aromatic rings. The van der Waals surface area contributed by atoms with Crippen LogP contribution in [0.5, 0.6) is 17.4 Å². The van der Waals surface area contributed by atoms with E-state index < -0.39 is 6.43 Å². The van der Waals surface area contributed by atoms with Crippen molar-refractivity contribution in [3.8, 4) is 17.4 Å². The quantitative estimate of drug-likeness (QED) is 0.458. The van der Waals surface area contributed by atoms with Crippen molar-refractivity contribution in [3.63, 3.8) is 0 Å². The van der Waals surface area contributed by atoms with Gasteiger partial charge in [-0.15, -0.1) is 0 Å². The molecule has 0 saturated carbocycles. The van der Waals surface area contributed by atoms with Crippen LogP contribution < -0.4 is 14.2 Å². The molecule has 0 saturated heterocycles. The maximum absolute atomic E-state index is 12.7. The molecule has 1 aromatic heterocycles. The SMILES string of the molecule is Cc1nc(OCCCOc2ccc(OCC=C(Cl)Cl)cc2C)cc(C(F)F)n1. The predicted octanol–water partition coefficient (Wildman–Crippen LogP) is 5.58. The Morgan fingerprint density at radius 1 is 1.07 bits per heavy atom. The Balaban J connectivity index is 1.77. The van der Waals surface area contributed by atoms with Crippen LogP contribution in [0.3, 0.4) is 0 Å². The molecule has 0 radical (unpaired) electrons. The van der Waals surface area contributed by atoms with Crippen LogP contribution in [0.25, 0.3) is 0 Å². The van der Waals surface area contributed by atoms with E-state index in [1.165, 1.54) is 0 Å². The molecule has 152 valence electrons. The van der Waals surface area contributed by atoms with E-state index in [0.29, 0.717) is 18.8 Å². The van der Waals surface area contributed by atoms with Gasteiger partial charge in [0.1, 0.15) is 34.1 Å². The van der Waals surface area contributed by atoms with Crippen LogP contribution in [0.2, 0.25) is 0 Å². The van der Waals surface area contributed by atoms with Crippen molar-refractivity contribution in [2.24, 2.45) is 0 Å². The molecule has 0 aliphatic rings. The third-order valence-corrected chi connectivity index (χ3v) is 3.80. The fourth-order valence-corrected chi connectivity index (χ4v) is 2.37. The molecular weight excluding hydrogens is 413 g/mol. The van der Waals surface area contributed by atoms with Gasteiger partial charge >= 0.3 is 0 Å². The fourth-order valence-electron chi connectivity index (χ4n) is 2.24. The van der Waals surface area contributed by atoms with Gasteiger partial charge in [0.15, 0.2) is 0 Å². The van der Waals surface area contributed by atoms with E-state index in [1.54, 1.807) is 25.1 Å². The number of hydrogen-bond acceptors (Lipinski definition) is 5. The molecular formula is C19H20Cl2F2N2O3. The maximum Gasteiger partial charge on any atom is 0.280 e. The number of rotatable bonds is 10. The number of benzene rings is 1. The lowest BCUT2D eigenvalue weighted by Gasteiger charge is -2.12. The van der Waals surface area contributed by atoms with Gasteiger partial charge in [0.25, 0.3) is 6.43 Å². The summed E-state index contributed by atoms with van der Waals surface area (Å²) in [5, 5.41) is 0. The van der Waals surface area contributed by atoms with Crippen molar-refractivity contribution < 1.29 is 23.0 Å². The summed E-state index contributed by atoms with van der Waals surface area (Å²) in [5.74, 6) is 1.77. The van der Waals surface area contributed by atoms with Crippen LogP contribution in [0, 0.1) is 13.8 Å². The Bertz CT molecular complexity index is 816. The van der Waals surface area contributed by atoms with Crippen molar-refractivity contribution in [1.29, 1.82) is 0 Å². The first kappa shape index (κ1) is 22.2. The van der Waals surface area contributed by atoms with Crippen molar-refractivity contribution in [2.45, 2.75) is 26.7 Å². The molecule has 1 aromatic carbocycles. The van der Waals surface area contributed by atoms with Crippen LogP contribution in [0.15, 0.2) is 34.8 Å². The molecule has 5 nitrogen and oxygen atoms in total. The van der Waals surface area contributed by atoms with Crippen molar-refractivity contribution in [3.05, 3.63) is 51.9 Å². The Morgan fingerprint density at radius 3 is 2.50 bits per heavy atom. The second-order valence-corrected chi connectivity index (χ2v) is 6.77. The molecule has 1 heterocycles. The molecule has 0 amide bonds. The lowest BCUT2D eigenvalue weighted by atomic mass is 10.2. The zero-order valence-electron chi connectivity index (χ0n) is 15.4. The smallest absolute Gasteiger partial charge is 0.280 e. The minimum atomic E-state index is -2.66. The van der Waals surface area contributed by atoms with Crippen molar-refractivity contribution in [1.82, 2.24) is 9.97 Å². The Labute approximate surface area is 172 Å². The third kappa shape index (κ3) is 7.48. The van der Waals surface area contributed by atoms with E-state index in [2.05, 4.69) is 9.97 Å². The second kappa shape index (κ2) is 11.0. The summed E-state index contributed by atoms with van der Waals surface area (Å²) >= 11 is 11.1. The van der Waals surface area contributed by atoms with Crippen LogP contribution in [-0.4, -0.2) is 29.8 Å². The van der Waals surface area contributed by atoms with Gasteiger partial charge in [0, 0.05) is 12.5 Å². The second-order valence-electron chi connectivity index (χ2n) is 5.76. The van der Waals surface area contributed by atoms with E-state index in [4.69, 9.17) is 37.4 Å². The van der Waals surface area contributed by atoms with Crippen LogP contribution in [0.4, 0.5) is 8.78 Å². The van der Waals surface area contributed by atoms with Crippen LogP contribution >= 0.6 is 23.2 Å². The Morgan fingerprint density at radius 2 is 1.82 bits per heavy atom. The lowest BCUT2D eigenvalue weighted by molar-refractivity contribution is 0.144. The third-order valence-electron chi connectivity index (χ3n) is 3.49. The Hall–Kier alpha value is -2.12. The summed E-state index contributed by atoms with van der Waals surface area (Å²) in [5.41, 5.74) is 0.563. The minimum Gasteiger partial charge on any atom is -0.493 e. The molecule has 28 heavy (non-hydrogen) atoms. The largest absolute Gasteiger partial charge is 0.493 e. The highest BCUT2D eigenvalue weighted by Gasteiger charge is 2.12. The van der Waals surface area contributed by atoms with Gasteiger partial charge in [-0.2, -0.15) is 4.98 Å². The highest BCUT2D eigenvalue weighted by Crippen LogP contribution is 2.24. The zero-order valence-corrected chi connectivity index (χ0v) is 16.9. The van der Waals surface area contributed by atoms with Gasteiger partial charge in [-0.3, -0.25) is 0 Å². The van der Waals surface area contributed by atoms with Crippen molar-refractivity contribution in [2.75, 3.05) is 19.8 Å². The molecule has 0 N–H and O–H groups in total. The number of ether oxygens (including phenoxy) is 3. The van der Waals surface area contributed by atoms with Gasteiger partial charge in [0.2, 0.25) is 5.88 Å². The van der Waals surface area contributed by atoms with Crippen LogP contribution in [0.1, 0.15) is 29.9 Å². The van der Waals surface area contributed by atoms with E-state index in [1.807, 2.05) is 13.0 Å². The molecule has 0 atom stereocenters. The molecule has 9 heteroatoms. The van der Waals surface area contributed by atoms with E-state index >= 15 is 0 Å². The summed E-state index contributed by atoms with van der Waals surface area (Å²) in [4.78, 5) is 7.66. The standard InChI is InChI=1S/C19H20Cl2F2N2O3/c1-12-10-14(26-9-6-17(20)21)4-5-16(12)27-7-3-8-28-18-11-15(19(22)23)24-13(2)25-18/h4-6,10-11,19H,3,7-9H2,1-2H3. The first-order chi connectivity index (χ1) is 13.3. The van der Waals surface area contributed by atoms with Gasteiger partial charge in [-0.1, -0.05) is 23.2 Å². The molecule has 0 aliphatic heterocycles. The average Bonchev–Trinajstić information content (AvgIpc) is 2.62. The fraction of sp³-hybridized carbons (Fsp3) is 0.368. The molecule has 0 bridgehead atoms. The maximum atomic E-state index is 12.7. The van der Waals surface area contributed by atoms with E-state index in [9.17, 15) is 8.78 Å². The normalized spacial score (nSPS) is 10.7. The summed E-state index contributed by atoms with van der Waals surface area (Å²) in [6.07, 6.45) is -0.555. The number of aromatic nitrogens is 2. The number of alkyl halides is 2. The summed E-state index contributed by atoms with van der Waals surface area (Å²) in [7, 11) is 0. The Kier molecular flexibility index (Phi) is 8.73. The van der Waals surface area contributed by atoms with E-state index in [0.717, 1.165) is 17.4 Å². The summed E-state index contributed by atoms with van der Waals surface area (Å²) in [6, 6.07) is 6.58. The summed E-state index contributed by atoms with van der Waals surface area (Å²) in [6.45, 7) is 4.40. The first-order valence-corrected chi connectivity index (χ1v) is 9.24. The molecule has 0 aliphatic carbocycles. The topological polar surface area (TPSA) is 53.5 Å². The van der Waals surface area contributed by atoms with Gasteiger partial charge in [-0.05, 0) is 43.7 Å². The van der Waals surface area contributed by atoms with E-state index in [-0.39, 0.29) is 35.1 Å². The van der Waals surface area contributed by atoms with Gasteiger partial charge in [0.05, 0.1) is 13.2 Å². The number of nitrogens with zero attached hydrogens (tertiary/aromatic N) is 2. The zero-order chi connectivity index (χ0) is 20.5. The highest BCUT2D eigenvalue weighted by molar-refractivity contribution is 6.55. The number of hydrogen-bond donors (Lipinski definition) is 0. The summed E-state index contributed by atoms with van der Waals surface area (Å²) < 4.78 is 42.3. The molecule has 0 fully saturated rings. The number of aryl methyl sites for hydroxylation is 2. The molecule has 0 spiro atoms. The predicted molar refractivity (Wildman–Crippen MR) is 104 cm³/mol. The monoisotopic (exact) mass is 432 g/mol. The minimum absolute atomic E-state index is 0.131. The van der Waals surface area contributed by atoms with Crippen LogP contribution in [-0.2, 0) is 0 Å². The van der Waals surface area contributed by atoms with Gasteiger partial charge in [-0.25, -0.2) is 13.8 Å². The average molecular weight is 433 g/mol. The number of halogens is 4. The molecule has 0 unspecified atom stereocenters. The van der Waals surface area contributed by atoms with Gasteiger partial charge < -0.3 is 14.2 Å². The first-order valence-electron chi connectivity index (χ1n) is 8.49. The lowest BCUT2D eigenvalue weighted by Crippen LogP contribution is -2.08. The molecule has 2 rings (SSSR count). The highest BCUT2D eigenvalue weighted by atomic mass is 35.5. The van der Waals surface area contributed by atoms with Crippen molar-refractivity contribution >= 4 is 23.2 Å².